The molecule has 0 aliphatic carbocycles. The van der Waals surface area contributed by atoms with Crippen molar-refractivity contribution in [1.82, 2.24) is 20.6 Å². The highest BCUT2D eigenvalue weighted by atomic mass is 19.1. The number of rotatable bonds is 3. The number of benzene rings is 1. The third kappa shape index (κ3) is 3.44. The summed E-state index contributed by atoms with van der Waals surface area (Å²) in [6, 6.07) is 7.52. The van der Waals surface area contributed by atoms with Gasteiger partial charge in [-0.15, -0.1) is 0 Å². The van der Waals surface area contributed by atoms with E-state index >= 15 is 0 Å². The summed E-state index contributed by atoms with van der Waals surface area (Å²) < 4.78 is 14.9. The summed E-state index contributed by atoms with van der Waals surface area (Å²) in [4.78, 5) is 23.2. The Bertz CT molecular complexity index is 666. The Morgan fingerprint density at radius 2 is 1.90 bits per heavy atom. The fourth-order valence-electron chi connectivity index (χ4n) is 1.54. The Kier molecular flexibility index (Phi) is 4.32. The fourth-order valence-corrected chi connectivity index (χ4v) is 1.54. The van der Waals surface area contributed by atoms with Gasteiger partial charge in [0.2, 0.25) is 5.91 Å². The van der Waals surface area contributed by atoms with E-state index in [1.807, 2.05) is 0 Å². The van der Waals surface area contributed by atoms with E-state index < -0.39 is 11.7 Å². The molecular formula is C14H15FN4O2. The Hall–Kier alpha value is -2.70. The summed E-state index contributed by atoms with van der Waals surface area (Å²) in [5.41, 5.74) is 4.84. The number of nitrogens with one attached hydrogen (secondary N) is 2. The van der Waals surface area contributed by atoms with Crippen molar-refractivity contribution in [2.24, 2.45) is 5.92 Å². The molecule has 6 nitrogen and oxygen atoms in total. The van der Waals surface area contributed by atoms with Crippen molar-refractivity contribution in [2.75, 3.05) is 0 Å². The van der Waals surface area contributed by atoms with E-state index in [2.05, 4.69) is 16.0 Å². The molecule has 0 unspecified atom stereocenters. The van der Waals surface area contributed by atoms with Crippen LogP contribution in [0.2, 0.25) is 0 Å². The molecule has 0 radical (unpaired) electrons. The van der Waals surface area contributed by atoms with Crippen LogP contribution in [0.4, 0.5) is 4.39 Å². The summed E-state index contributed by atoms with van der Waals surface area (Å²) in [6.07, 6.45) is 1.47. The molecule has 0 spiro atoms. The zero-order valence-corrected chi connectivity index (χ0v) is 11.6. The predicted octanol–water partition coefficient (Wildman–Crippen LogP) is 1.43. The van der Waals surface area contributed by atoms with Gasteiger partial charge >= 0.3 is 0 Å². The first-order chi connectivity index (χ1) is 9.99. The second kappa shape index (κ2) is 6.17. The van der Waals surface area contributed by atoms with Crippen molar-refractivity contribution >= 4 is 11.8 Å². The van der Waals surface area contributed by atoms with Gasteiger partial charge in [-0.2, -0.15) is 5.10 Å². The Labute approximate surface area is 120 Å². The molecular weight excluding hydrogens is 275 g/mol. The molecule has 0 saturated heterocycles. The Balaban J connectivity index is 2.08. The molecule has 0 fully saturated rings. The van der Waals surface area contributed by atoms with Gasteiger partial charge in [-0.3, -0.25) is 20.4 Å². The lowest BCUT2D eigenvalue weighted by atomic mass is 10.2. The van der Waals surface area contributed by atoms with Crippen LogP contribution in [0, 0.1) is 11.7 Å². The van der Waals surface area contributed by atoms with Crippen molar-refractivity contribution in [3.63, 3.8) is 0 Å². The zero-order chi connectivity index (χ0) is 15.4. The minimum Gasteiger partial charge on any atom is -0.273 e. The van der Waals surface area contributed by atoms with Gasteiger partial charge in [0.25, 0.3) is 5.91 Å². The van der Waals surface area contributed by atoms with E-state index in [0.717, 1.165) is 0 Å². The van der Waals surface area contributed by atoms with Crippen molar-refractivity contribution < 1.29 is 14.0 Å². The first kappa shape index (κ1) is 14.7. The van der Waals surface area contributed by atoms with E-state index in [-0.39, 0.29) is 23.2 Å². The molecule has 1 aromatic carbocycles. The third-order valence-electron chi connectivity index (χ3n) is 2.74. The van der Waals surface area contributed by atoms with Crippen LogP contribution < -0.4 is 10.9 Å². The lowest BCUT2D eigenvalue weighted by molar-refractivity contribution is -0.124. The van der Waals surface area contributed by atoms with Crippen LogP contribution in [0.25, 0.3) is 5.69 Å². The number of aromatic nitrogens is 2. The molecule has 110 valence electrons. The summed E-state index contributed by atoms with van der Waals surface area (Å²) in [7, 11) is 0. The molecule has 0 atom stereocenters. The average Bonchev–Trinajstić information content (AvgIpc) is 2.94. The van der Waals surface area contributed by atoms with Crippen LogP contribution in [0.5, 0.6) is 0 Å². The maximum absolute atomic E-state index is 13.6. The van der Waals surface area contributed by atoms with E-state index in [9.17, 15) is 14.0 Å². The van der Waals surface area contributed by atoms with Crippen LogP contribution in [-0.4, -0.2) is 21.6 Å². The van der Waals surface area contributed by atoms with Gasteiger partial charge in [-0.05, 0) is 18.2 Å². The van der Waals surface area contributed by atoms with Crippen molar-refractivity contribution in [3.05, 3.63) is 48.0 Å². The minimum atomic E-state index is -0.570. The molecule has 21 heavy (non-hydrogen) atoms. The molecule has 7 heteroatoms. The second-order valence-electron chi connectivity index (χ2n) is 4.70. The molecule has 0 aliphatic heterocycles. The normalized spacial score (nSPS) is 10.5. The van der Waals surface area contributed by atoms with Crippen LogP contribution in [0.1, 0.15) is 24.3 Å². The number of hydrazine groups is 1. The first-order valence-electron chi connectivity index (χ1n) is 6.40. The topological polar surface area (TPSA) is 76.0 Å². The highest BCUT2D eigenvalue weighted by molar-refractivity contribution is 5.93. The average molecular weight is 290 g/mol. The van der Waals surface area contributed by atoms with E-state index in [4.69, 9.17) is 0 Å². The Morgan fingerprint density at radius 1 is 1.19 bits per heavy atom. The molecule has 0 bridgehead atoms. The quantitative estimate of drug-likeness (QED) is 0.840. The van der Waals surface area contributed by atoms with Gasteiger partial charge in [-0.1, -0.05) is 26.0 Å². The molecule has 2 rings (SSSR count). The number of para-hydroxylation sites is 1. The van der Waals surface area contributed by atoms with Crippen LogP contribution in [0.3, 0.4) is 0 Å². The molecule has 2 amide bonds. The van der Waals surface area contributed by atoms with E-state index in [0.29, 0.717) is 0 Å². The molecule has 0 aliphatic rings. The number of halogens is 1. The number of nitrogens with zero attached hydrogens (tertiary/aromatic N) is 2. The van der Waals surface area contributed by atoms with Crippen molar-refractivity contribution in [1.29, 1.82) is 0 Å². The van der Waals surface area contributed by atoms with Gasteiger partial charge in [0.05, 0.1) is 0 Å². The number of hydrogen-bond donors (Lipinski definition) is 2. The summed E-state index contributed by atoms with van der Waals surface area (Å²) in [5.74, 6) is -1.57. The standard InChI is InChI=1S/C14H15FN4O2/c1-9(2)13(20)16-17-14(21)11-7-8-19(18-11)12-6-4-3-5-10(12)15/h3-9H,1-2H3,(H,16,20)(H,17,21). The van der Waals surface area contributed by atoms with Gasteiger partial charge < -0.3 is 0 Å². The number of amides is 2. The SMILES string of the molecule is CC(C)C(=O)NNC(=O)c1ccn(-c2ccccc2F)n1. The summed E-state index contributed by atoms with van der Waals surface area (Å²) in [6.45, 7) is 3.41. The summed E-state index contributed by atoms with van der Waals surface area (Å²) >= 11 is 0. The van der Waals surface area contributed by atoms with E-state index in [1.165, 1.54) is 23.0 Å². The van der Waals surface area contributed by atoms with E-state index in [1.54, 1.807) is 32.0 Å². The maximum Gasteiger partial charge on any atom is 0.290 e. The Morgan fingerprint density at radius 3 is 2.57 bits per heavy atom. The number of carbonyl (C=O) groups excluding carboxylic acids is 2. The molecule has 0 saturated carbocycles. The first-order valence-corrected chi connectivity index (χ1v) is 6.40. The number of carbonyl (C=O) groups is 2. The maximum atomic E-state index is 13.6. The molecule has 1 heterocycles. The lowest BCUT2D eigenvalue weighted by Crippen LogP contribution is -2.43. The van der Waals surface area contributed by atoms with Crippen molar-refractivity contribution in [2.45, 2.75) is 13.8 Å². The highest BCUT2D eigenvalue weighted by Gasteiger charge is 2.13. The second-order valence-corrected chi connectivity index (χ2v) is 4.70. The van der Waals surface area contributed by atoms with Crippen LogP contribution >= 0.6 is 0 Å². The smallest absolute Gasteiger partial charge is 0.273 e. The zero-order valence-electron chi connectivity index (χ0n) is 11.6. The van der Waals surface area contributed by atoms with Crippen molar-refractivity contribution in [3.8, 4) is 5.69 Å². The molecule has 2 aromatic rings. The lowest BCUT2D eigenvalue weighted by Gasteiger charge is -2.07. The third-order valence-corrected chi connectivity index (χ3v) is 2.74. The summed E-state index contributed by atoms with van der Waals surface area (Å²) in [5, 5.41) is 3.98. The number of hydrogen-bond acceptors (Lipinski definition) is 3. The van der Waals surface area contributed by atoms with Gasteiger partial charge in [0.1, 0.15) is 11.5 Å². The van der Waals surface area contributed by atoms with Gasteiger partial charge in [0, 0.05) is 12.1 Å². The van der Waals surface area contributed by atoms with Gasteiger partial charge in [-0.25, -0.2) is 9.07 Å². The molecule has 2 N–H and O–H groups in total. The molecule has 1 aromatic heterocycles. The van der Waals surface area contributed by atoms with Crippen LogP contribution in [0.15, 0.2) is 36.5 Å². The van der Waals surface area contributed by atoms with Crippen LogP contribution in [-0.2, 0) is 4.79 Å². The monoisotopic (exact) mass is 290 g/mol. The highest BCUT2D eigenvalue weighted by Crippen LogP contribution is 2.11. The minimum absolute atomic E-state index is 0.0716. The van der Waals surface area contributed by atoms with Gasteiger partial charge in [0.15, 0.2) is 5.69 Å². The predicted molar refractivity (Wildman–Crippen MR) is 74.0 cm³/mol. The largest absolute Gasteiger partial charge is 0.290 e. The fraction of sp³-hybridized carbons (Fsp3) is 0.214.